The smallest absolute Gasteiger partial charge is 0.368 e. The van der Waals surface area contributed by atoms with Crippen LogP contribution in [0.15, 0.2) is 28.2 Å². The van der Waals surface area contributed by atoms with Gasteiger partial charge in [0.05, 0.1) is 18.0 Å². The topological polar surface area (TPSA) is 68.1 Å². The Balaban J connectivity index is 2.75. The molecule has 2 amide bonds. The van der Waals surface area contributed by atoms with Crippen LogP contribution in [0.2, 0.25) is 0 Å². The second-order valence-corrected chi connectivity index (χ2v) is 2.67. The fourth-order valence-corrected chi connectivity index (χ4v) is 1.24. The maximum Gasteiger partial charge on any atom is 0.368 e. The number of benzene rings is 1. The molecule has 0 N–H and O–H groups in total. The summed E-state index contributed by atoms with van der Waals surface area (Å²) in [5, 5.41) is 0.710. The van der Waals surface area contributed by atoms with Crippen LogP contribution in [0.3, 0.4) is 0 Å². The second kappa shape index (κ2) is 3.02. The Hall–Kier alpha value is -2.04. The van der Waals surface area contributed by atoms with Gasteiger partial charge in [-0.2, -0.15) is 9.98 Å². The van der Waals surface area contributed by atoms with Crippen LogP contribution in [0.25, 0.3) is 0 Å². The lowest BCUT2D eigenvalue weighted by Gasteiger charge is -1.96. The zero-order chi connectivity index (χ0) is 10.1. The average molecular weight is 190 g/mol. The maximum absolute atomic E-state index is 11.2. The third-order valence-electron chi connectivity index (χ3n) is 1.84. The molecule has 1 aromatic carbocycles. The van der Waals surface area contributed by atoms with Crippen molar-refractivity contribution in [3.63, 3.8) is 0 Å². The molecule has 0 bridgehead atoms. The third kappa shape index (κ3) is 1.19. The highest BCUT2D eigenvalue weighted by molar-refractivity contribution is 5.90. The second-order valence-electron chi connectivity index (χ2n) is 2.67. The van der Waals surface area contributed by atoms with Crippen molar-refractivity contribution in [3.8, 4) is 0 Å². The summed E-state index contributed by atoms with van der Waals surface area (Å²) in [6, 6.07) is 4.21. The minimum Gasteiger partial charge on any atom is -0.465 e. The van der Waals surface area contributed by atoms with Gasteiger partial charge in [0.25, 0.3) is 0 Å². The van der Waals surface area contributed by atoms with E-state index < -0.39 is 12.0 Å². The number of rotatable bonds is 1. The highest BCUT2D eigenvalue weighted by Gasteiger charge is 2.13. The van der Waals surface area contributed by atoms with Gasteiger partial charge in [-0.3, -0.25) is 0 Å². The normalized spacial score (nSPS) is 12.8. The van der Waals surface area contributed by atoms with Gasteiger partial charge in [-0.15, -0.1) is 0 Å². The quantitative estimate of drug-likeness (QED) is 0.578. The van der Waals surface area contributed by atoms with Crippen LogP contribution in [0.5, 0.6) is 0 Å². The van der Waals surface area contributed by atoms with E-state index in [1.54, 1.807) is 18.2 Å². The van der Waals surface area contributed by atoms with Gasteiger partial charge >= 0.3 is 12.0 Å². The first kappa shape index (κ1) is 8.55. The van der Waals surface area contributed by atoms with Crippen molar-refractivity contribution in [1.82, 2.24) is 0 Å². The van der Waals surface area contributed by atoms with E-state index in [2.05, 4.69) is 14.7 Å². The van der Waals surface area contributed by atoms with Crippen molar-refractivity contribution in [2.75, 3.05) is 7.11 Å². The molecule has 0 aliphatic carbocycles. The van der Waals surface area contributed by atoms with Crippen LogP contribution in [0.1, 0.15) is 10.4 Å². The molecule has 1 heterocycles. The van der Waals surface area contributed by atoms with Gasteiger partial charge in [-0.1, -0.05) is 6.07 Å². The number of fused-ring (bicyclic) bond motifs is 1. The van der Waals surface area contributed by atoms with Crippen LogP contribution < -0.4 is 10.7 Å². The van der Waals surface area contributed by atoms with E-state index in [0.29, 0.717) is 10.7 Å². The zero-order valence-corrected chi connectivity index (χ0v) is 7.35. The number of ether oxygens (including phenoxy) is 1. The summed E-state index contributed by atoms with van der Waals surface area (Å²) < 4.78 is 4.54. The molecule has 0 fully saturated rings. The van der Waals surface area contributed by atoms with Crippen molar-refractivity contribution in [1.29, 1.82) is 0 Å². The molecule has 5 heteroatoms. The fraction of sp³-hybridized carbons (Fsp3) is 0.111. The van der Waals surface area contributed by atoms with Gasteiger partial charge in [0.1, 0.15) is 5.36 Å². The summed E-state index contributed by atoms with van der Waals surface area (Å²) in [6.07, 6.45) is 0. The number of hydrogen-bond acceptors (Lipinski definition) is 3. The number of carbonyl (C=O) groups is 2. The zero-order valence-electron chi connectivity index (χ0n) is 7.35. The number of amides is 2. The van der Waals surface area contributed by atoms with Crippen molar-refractivity contribution in [3.05, 3.63) is 34.5 Å². The first-order valence-corrected chi connectivity index (χ1v) is 3.91. The summed E-state index contributed by atoms with van der Waals surface area (Å²) in [7, 11) is 1.27. The Morgan fingerprint density at radius 2 is 2.14 bits per heavy atom. The number of methoxy groups -OCH3 is 1. The first-order chi connectivity index (χ1) is 6.72. The molecule has 0 aromatic heterocycles. The first-order valence-electron chi connectivity index (χ1n) is 3.91. The molecule has 0 atom stereocenters. The van der Waals surface area contributed by atoms with E-state index in [4.69, 9.17) is 0 Å². The SMILES string of the molecule is COC(=O)c1cccc2c1=NC(=O)N=2. The van der Waals surface area contributed by atoms with E-state index in [9.17, 15) is 9.59 Å². The van der Waals surface area contributed by atoms with Crippen LogP contribution in [-0.2, 0) is 4.74 Å². The number of esters is 1. The molecule has 0 saturated heterocycles. The summed E-state index contributed by atoms with van der Waals surface area (Å²) in [4.78, 5) is 29.4. The predicted octanol–water partition coefficient (Wildman–Crippen LogP) is -0.154. The molecular weight excluding hydrogens is 184 g/mol. The fourth-order valence-electron chi connectivity index (χ4n) is 1.24. The van der Waals surface area contributed by atoms with Gasteiger partial charge in [-0.05, 0) is 12.1 Å². The van der Waals surface area contributed by atoms with Crippen molar-refractivity contribution >= 4 is 12.0 Å². The van der Waals surface area contributed by atoms with Crippen LogP contribution >= 0.6 is 0 Å². The van der Waals surface area contributed by atoms with Crippen LogP contribution in [0.4, 0.5) is 4.79 Å². The molecular formula is C9H6N2O3. The standard InChI is InChI=1S/C9H6N2O3/c1-14-8(12)5-3-2-4-6-7(5)11-9(13)10-6/h2-4H,1H3. The van der Waals surface area contributed by atoms with Gasteiger partial charge in [-0.25, -0.2) is 9.59 Å². The van der Waals surface area contributed by atoms with Crippen molar-refractivity contribution < 1.29 is 14.3 Å². The number of carbonyl (C=O) groups excluding carboxylic acids is 2. The van der Waals surface area contributed by atoms with Gasteiger partial charge in [0.15, 0.2) is 0 Å². The predicted molar refractivity (Wildman–Crippen MR) is 45.5 cm³/mol. The van der Waals surface area contributed by atoms with Crippen molar-refractivity contribution in [2.45, 2.75) is 0 Å². The van der Waals surface area contributed by atoms with E-state index in [0.717, 1.165) is 0 Å². The summed E-state index contributed by atoms with van der Waals surface area (Å²) in [5.74, 6) is -0.518. The number of urea groups is 1. The Bertz CT molecular complexity index is 533. The molecule has 1 aliphatic heterocycles. The molecule has 2 rings (SSSR count). The highest BCUT2D eigenvalue weighted by atomic mass is 16.5. The monoisotopic (exact) mass is 190 g/mol. The Morgan fingerprint density at radius 3 is 2.86 bits per heavy atom. The third-order valence-corrected chi connectivity index (χ3v) is 1.84. The van der Waals surface area contributed by atoms with E-state index >= 15 is 0 Å². The molecule has 0 unspecified atom stereocenters. The molecule has 0 spiro atoms. The Labute approximate surface area is 78.7 Å². The Kier molecular flexibility index (Phi) is 1.85. The number of hydrogen-bond donors (Lipinski definition) is 0. The van der Waals surface area contributed by atoms with Crippen LogP contribution in [-0.4, -0.2) is 19.1 Å². The minimum atomic E-state index is -0.587. The molecule has 1 aliphatic rings. The number of para-hydroxylation sites is 1. The largest absolute Gasteiger partial charge is 0.465 e. The summed E-state index contributed by atoms with van der Waals surface area (Å²) >= 11 is 0. The average Bonchev–Trinajstić information content (AvgIpc) is 2.56. The number of nitrogens with zero attached hydrogens (tertiary/aromatic N) is 2. The van der Waals surface area contributed by atoms with Gasteiger partial charge in [0, 0.05) is 0 Å². The molecule has 14 heavy (non-hydrogen) atoms. The lowest BCUT2D eigenvalue weighted by Crippen LogP contribution is -2.28. The molecule has 1 aromatic rings. The molecule has 70 valence electrons. The van der Waals surface area contributed by atoms with E-state index in [1.165, 1.54) is 7.11 Å². The minimum absolute atomic E-state index is 0.264. The van der Waals surface area contributed by atoms with Gasteiger partial charge in [0.2, 0.25) is 0 Å². The summed E-state index contributed by atoms with van der Waals surface area (Å²) in [5.41, 5.74) is 0.264. The van der Waals surface area contributed by atoms with Crippen LogP contribution in [0, 0.1) is 0 Å². The van der Waals surface area contributed by atoms with E-state index in [1.807, 2.05) is 0 Å². The van der Waals surface area contributed by atoms with Gasteiger partial charge < -0.3 is 4.74 Å². The molecule has 5 nitrogen and oxygen atoms in total. The van der Waals surface area contributed by atoms with Crippen molar-refractivity contribution in [2.24, 2.45) is 9.98 Å². The lowest BCUT2D eigenvalue weighted by atomic mass is 10.2. The molecule has 0 radical (unpaired) electrons. The Morgan fingerprint density at radius 1 is 1.36 bits per heavy atom. The lowest BCUT2D eigenvalue weighted by molar-refractivity contribution is 0.0599. The summed E-state index contributed by atoms with van der Waals surface area (Å²) in [6.45, 7) is 0. The maximum atomic E-state index is 11.2. The van der Waals surface area contributed by atoms with E-state index in [-0.39, 0.29) is 5.56 Å². The molecule has 0 saturated carbocycles. The highest BCUT2D eigenvalue weighted by Crippen LogP contribution is 1.94.